The molecule has 1 aliphatic heterocycles. The van der Waals surface area contributed by atoms with Crippen molar-refractivity contribution in [3.05, 3.63) is 22.8 Å². The lowest BCUT2D eigenvalue weighted by Gasteiger charge is -2.26. The molecular weight excluding hydrogens is 225 g/mol. The Hall–Kier alpha value is -0.510. The second-order valence-corrected chi connectivity index (χ2v) is 3.72. The molecule has 2 rings (SSSR count). The molecule has 1 aliphatic rings. The molecule has 14 heavy (non-hydrogen) atoms. The van der Waals surface area contributed by atoms with Crippen LogP contribution in [0.5, 0.6) is 5.88 Å². The minimum absolute atomic E-state index is 0.0850. The van der Waals surface area contributed by atoms with Gasteiger partial charge in [0.2, 0.25) is 5.88 Å². The van der Waals surface area contributed by atoms with Crippen LogP contribution in [0.2, 0.25) is 5.02 Å². The zero-order chi connectivity index (χ0) is 9.97. The van der Waals surface area contributed by atoms with E-state index in [4.69, 9.17) is 32.7 Å². The molecular formula is C9H9Cl2NO2. The SMILES string of the molecule is ClCc1cnc(OC2COC2)c(Cl)c1. The first-order valence-electron chi connectivity index (χ1n) is 4.24. The maximum atomic E-state index is 5.95. The van der Waals surface area contributed by atoms with Gasteiger partial charge in [0.05, 0.1) is 13.2 Å². The highest BCUT2D eigenvalue weighted by atomic mass is 35.5. The Balaban J connectivity index is 2.09. The standard InChI is InChI=1S/C9H9Cl2NO2/c10-2-6-1-8(11)9(12-3-6)14-7-4-13-5-7/h1,3,7H,2,4-5H2. The summed E-state index contributed by atoms with van der Waals surface area (Å²) in [6, 6.07) is 1.76. The summed E-state index contributed by atoms with van der Waals surface area (Å²) in [4.78, 5) is 4.08. The van der Waals surface area contributed by atoms with Crippen LogP contribution < -0.4 is 4.74 Å². The van der Waals surface area contributed by atoms with Crippen LogP contribution in [0.25, 0.3) is 0 Å². The van der Waals surface area contributed by atoms with Gasteiger partial charge in [-0.2, -0.15) is 0 Å². The number of aromatic nitrogens is 1. The molecule has 0 radical (unpaired) electrons. The van der Waals surface area contributed by atoms with Crippen molar-refractivity contribution in [2.75, 3.05) is 13.2 Å². The number of pyridine rings is 1. The molecule has 3 nitrogen and oxygen atoms in total. The zero-order valence-corrected chi connectivity index (χ0v) is 8.88. The molecule has 0 spiro atoms. The molecule has 0 amide bonds. The average molecular weight is 234 g/mol. The molecule has 0 saturated carbocycles. The average Bonchev–Trinajstić information content (AvgIpc) is 2.13. The molecule has 0 unspecified atom stereocenters. The van der Waals surface area contributed by atoms with E-state index in [2.05, 4.69) is 4.98 Å². The quantitative estimate of drug-likeness (QED) is 0.751. The molecule has 0 N–H and O–H groups in total. The summed E-state index contributed by atoms with van der Waals surface area (Å²) >= 11 is 11.6. The highest BCUT2D eigenvalue weighted by Crippen LogP contribution is 2.25. The maximum Gasteiger partial charge on any atom is 0.233 e. The molecule has 2 heterocycles. The van der Waals surface area contributed by atoms with Gasteiger partial charge in [-0.3, -0.25) is 0 Å². The maximum absolute atomic E-state index is 5.95. The highest BCUT2D eigenvalue weighted by Gasteiger charge is 2.21. The van der Waals surface area contributed by atoms with E-state index < -0.39 is 0 Å². The molecule has 1 fully saturated rings. The molecule has 1 aromatic heterocycles. The second-order valence-electron chi connectivity index (χ2n) is 3.04. The summed E-state index contributed by atoms with van der Waals surface area (Å²) in [6.45, 7) is 1.21. The first-order valence-corrected chi connectivity index (χ1v) is 5.15. The van der Waals surface area contributed by atoms with Gasteiger partial charge in [0, 0.05) is 12.1 Å². The number of ether oxygens (including phenoxy) is 2. The van der Waals surface area contributed by atoms with E-state index in [0.717, 1.165) is 5.56 Å². The number of rotatable bonds is 3. The number of hydrogen-bond acceptors (Lipinski definition) is 3. The van der Waals surface area contributed by atoms with Crippen LogP contribution in [-0.2, 0) is 10.6 Å². The Labute approximate surface area is 91.9 Å². The minimum Gasteiger partial charge on any atom is -0.468 e. The van der Waals surface area contributed by atoms with Gasteiger partial charge < -0.3 is 9.47 Å². The summed E-state index contributed by atoms with van der Waals surface area (Å²) in [5.74, 6) is 0.855. The zero-order valence-electron chi connectivity index (χ0n) is 7.37. The predicted molar refractivity (Wildman–Crippen MR) is 54.0 cm³/mol. The van der Waals surface area contributed by atoms with Crippen molar-refractivity contribution in [2.24, 2.45) is 0 Å². The van der Waals surface area contributed by atoms with Crippen LogP contribution in [0, 0.1) is 0 Å². The Morgan fingerprint density at radius 3 is 2.86 bits per heavy atom. The Kier molecular flexibility index (Phi) is 3.11. The van der Waals surface area contributed by atoms with Gasteiger partial charge in [0.1, 0.15) is 11.1 Å². The molecule has 5 heteroatoms. The van der Waals surface area contributed by atoms with Crippen molar-refractivity contribution in [1.29, 1.82) is 0 Å². The normalized spacial score (nSPS) is 16.4. The molecule has 0 bridgehead atoms. The lowest BCUT2D eigenvalue weighted by molar-refractivity contribution is -0.0813. The van der Waals surface area contributed by atoms with Crippen LogP contribution in [0.4, 0.5) is 0 Å². The van der Waals surface area contributed by atoms with Crippen LogP contribution in [0.3, 0.4) is 0 Å². The summed E-state index contributed by atoms with van der Waals surface area (Å²) in [7, 11) is 0. The molecule has 0 aliphatic carbocycles. The van der Waals surface area contributed by atoms with E-state index in [0.29, 0.717) is 30.0 Å². The summed E-state index contributed by atoms with van der Waals surface area (Å²) in [5, 5.41) is 0.495. The van der Waals surface area contributed by atoms with Gasteiger partial charge in [-0.05, 0) is 11.6 Å². The first kappa shape index (κ1) is 10.0. The smallest absolute Gasteiger partial charge is 0.233 e. The second kappa shape index (κ2) is 4.34. The lowest BCUT2D eigenvalue weighted by Crippen LogP contribution is -2.38. The summed E-state index contributed by atoms with van der Waals surface area (Å²) in [6.07, 6.45) is 1.75. The van der Waals surface area contributed by atoms with Gasteiger partial charge in [0.25, 0.3) is 0 Å². The van der Waals surface area contributed by atoms with Gasteiger partial charge in [-0.15, -0.1) is 11.6 Å². The van der Waals surface area contributed by atoms with Crippen LogP contribution in [-0.4, -0.2) is 24.3 Å². The van der Waals surface area contributed by atoms with E-state index in [1.165, 1.54) is 0 Å². The number of halogens is 2. The molecule has 76 valence electrons. The summed E-state index contributed by atoms with van der Waals surface area (Å²) in [5.41, 5.74) is 0.883. The van der Waals surface area contributed by atoms with Crippen molar-refractivity contribution in [1.82, 2.24) is 4.98 Å². The number of hydrogen-bond donors (Lipinski definition) is 0. The Morgan fingerprint density at radius 1 is 1.57 bits per heavy atom. The van der Waals surface area contributed by atoms with E-state index >= 15 is 0 Å². The van der Waals surface area contributed by atoms with E-state index in [1.807, 2.05) is 0 Å². The lowest BCUT2D eigenvalue weighted by atomic mass is 10.3. The molecule has 1 aromatic rings. The van der Waals surface area contributed by atoms with Crippen molar-refractivity contribution < 1.29 is 9.47 Å². The number of nitrogens with zero attached hydrogens (tertiary/aromatic N) is 1. The summed E-state index contributed by atoms with van der Waals surface area (Å²) < 4.78 is 10.4. The minimum atomic E-state index is 0.0850. The van der Waals surface area contributed by atoms with Gasteiger partial charge in [-0.1, -0.05) is 11.6 Å². The van der Waals surface area contributed by atoms with Crippen molar-refractivity contribution >= 4 is 23.2 Å². The number of alkyl halides is 1. The van der Waals surface area contributed by atoms with E-state index in [1.54, 1.807) is 12.3 Å². The fourth-order valence-electron chi connectivity index (χ4n) is 1.06. The first-order chi connectivity index (χ1) is 6.79. The van der Waals surface area contributed by atoms with Crippen molar-refractivity contribution in [2.45, 2.75) is 12.0 Å². The van der Waals surface area contributed by atoms with Gasteiger partial charge in [-0.25, -0.2) is 4.98 Å². The topological polar surface area (TPSA) is 31.4 Å². The molecule has 0 aromatic carbocycles. The largest absolute Gasteiger partial charge is 0.468 e. The molecule has 1 saturated heterocycles. The van der Waals surface area contributed by atoms with E-state index in [-0.39, 0.29) is 6.10 Å². The predicted octanol–water partition coefficient (Wildman–Crippen LogP) is 2.25. The highest BCUT2D eigenvalue weighted by molar-refractivity contribution is 6.32. The van der Waals surface area contributed by atoms with Crippen molar-refractivity contribution in [3.8, 4) is 5.88 Å². The van der Waals surface area contributed by atoms with Gasteiger partial charge in [0.15, 0.2) is 0 Å². The molecule has 0 atom stereocenters. The van der Waals surface area contributed by atoms with Crippen LogP contribution >= 0.6 is 23.2 Å². The van der Waals surface area contributed by atoms with Crippen molar-refractivity contribution in [3.63, 3.8) is 0 Å². The fourth-order valence-corrected chi connectivity index (χ4v) is 1.44. The monoisotopic (exact) mass is 233 g/mol. The van der Waals surface area contributed by atoms with Gasteiger partial charge >= 0.3 is 0 Å². The Morgan fingerprint density at radius 2 is 2.36 bits per heavy atom. The van der Waals surface area contributed by atoms with E-state index in [9.17, 15) is 0 Å². The van der Waals surface area contributed by atoms with Crippen LogP contribution in [0.1, 0.15) is 5.56 Å². The Bertz CT molecular complexity index is 329. The fraction of sp³-hybridized carbons (Fsp3) is 0.444. The van der Waals surface area contributed by atoms with Crippen LogP contribution in [0.15, 0.2) is 12.3 Å². The third-order valence-electron chi connectivity index (χ3n) is 1.90. The third-order valence-corrected chi connectivity index (χ3v) is 2.48. The third kappa shape index (κ3) is 2.11.